The number of nitrogens with two attached hydrogens (primary N) is 1. The van der Waals surface area contributed by atoms with Crippen molar-refractivity contribution in [2.24, 2.45) is 4.99 Å². The van der Waals surface area contributed by atoms with Gasteiger partial charge in [0.25, 0.3) is 0 Å². The topological polar surface area (TPSA) is 120 Å². The zero-order valence-corrected chi connectivity index (χ0v) is 19.6. The van der Waals surface area contributed by atoms with Crippen LogP contribution in [0.5, 0.6) is 5.75 Å². The van der Waals surface area contributed by atoms with Crippen molar-refractivity contribution < 1.29 is 18.3 Å². The molecule has 1 atom stereocenters. The van der Waals surface area contributed by atoms with Crippen LogP contribution in [0, 0.1) is 18.6 Å². The van der Waals surface area contributed by atoms with E-state index in [1.54, 1.807) is 32.0 Å². The largest absolute Gasteiger partial charge is 0.494 e. The number of nitrogens with one attached hydrogen (secondary N) is 1. The van der Waals surface area contributed by atoms with Gasteiger partial charge in [0.15, 0.2) is 17.2 Å². The molecule has 180 valence electrons. The van der Waals surface area contributed by atoms with Crippen LogP contribution in [0.2, 0.25) is 5.02 Å². The molecule has 4 rings (SSSR count). The van der Waals surface area contributed by atoms with Crippen molar-refractivity contribution in [3.05, 3.63) is 58.9 Å². The molecule has 0 saturated heterocycles. The highest BCUT2D eigenvalue weighted by Crippen LogP contribution is 2.36. The molecule has 2 aromatic carbocycles. The first-order valence-electron chi connectivity index (χ1n) is 10.3. The molecule has 2 heterocycles. The number of amidine groups is 1. The second kappa shape index (κ2) is 9.63. The maximum atomic E-state index is 15.0. The lowest BCUT2D eigenvalue weighted by atomic mass is 10.1. The highest BCUT2D eigenvalue weighted by Gasteiger charge is 2.26. The molecule has 0 fully saturated rings. The molecule has 2 aromatic heterocycles. The first-order valence-corrected chi connectivity index (χ1v) is 10.7. The number of methoxy groups -OCH3 is 1. The number of amides is 1. The lowest BCUT2D eigenvalue weighted by Crippen LogP contribution is -2.31. The van der Waals surface area contributed by atoms with Gasteiger partial charge in [-0.15, -0.1) is 0 Å². The van der Waals surface area contributed by atoms with Crippen molar-refractivity contribution in [3.8, 4) is 17.0 Å². The molecule has 1 unspecified atom stereocenters. The fourth-order valence-corrected chi connectivity index (χ4v) is 3.77. The summed E-state index contributed by atoms with van der Waals surface area (Å²) in [6.07, 6.45) is 1.70. The molecule has 0 saturated carbocycles. The Bertz CT molecular complexity index is 1470. The number of hydrogen-bond donors (Lipinski definition) is 2. The Morgan fingerprint density at radius 2 is 2.03 bits per heavy atom. The van der Waals surface area contributed by atoms with Gasteiger partial charge in [-0.05, 0) is 43.7 Å². The number of anilines is 1. The molecule has 0 radical (unpaired) electrons. The normalized spacial score (nSPS) is 12.6. The average molecular weight is 500 g/mol. The molecule has 0 aliphatic heterocycles. The standard InChI is InChI=1S/C23H20ClF2N7O2/c1-11-14(24)5-4-6-15(11)31-22(30-10-34)12(2)33-23-17(21(27)28-9-29-23)20(32-33)13-7-8-16(35-3)19(26)18(13)25/h4-10,12H,1-3H3,(H2,27,28,29)(H,30,31,34). The Kier molecular flexibility index (Phi) is 6.61. The van der Waals surface area contributed by atoms with Gasteiger partial charge in [-0.2, -0.15) is 9.49 Å². The lowest BCUT2D eigenvalue weighted by molar-refractivity contribution is -0.108. The number of nitrogens with zero attached hydrogens (tertiary/aromatic N) is 5. The third kappa shape index (κ3) is 4.26. The molecule has 1 amide bonds. The molecule has 9 nitrogen and oxygen atoms in total. The molecule has 12 heteroatoms. The van der Waals surface area contributed by atoms with E-state index in [2.05, 4.69) is 25.4 Å². The van der Waals surface area contributed by atoms with E-state index in [9.17, 15) is 13.6 Å². The van der Waals surface area contributed by atoms with Crippen molar-refractivity contribution in [2.45, 2.75) is 19.9 Å². The van der Waals surface area contributed by atoms with E-state index < -0.39 is 17.7 Å². The van der Waals surface area contributed by atoms with Gasteiger partial charge in [0, 0.05) is 10.6 Å². The van der Waals surface area contributed by atoms with Crippen molar-refractivity contribution in [2.75, 3.05) is 12.8 Å². The maximum Gasteiger partial charge on any atom is 0.212 e. The maximum absolute atomic E-state index is 15.0. The first kappa shape index (κ1) is 24.0. The Morgan fingerprint density at radius 3 is 2.74 bits per heavy atom. The third-order valence-electron chi connectivity index (χ3n) is 5.49. The SMILES string of the molecule is COc1ccc(-c2nn(C(C)/C(=N/c3cccc(Cl)c3C)NC=O)c3ncnc(N)c23)c(F)c1F. The summed E-state index contributed by atoms with van der Waals surface area (Å²) >= 11 is 6.20. The van der Waals surface area contributed by atoms with Gasteiger partial charge in [0.05, 0.1) is 18.2 Å². The Hall–Kier alpha value is -4.12. The van der Waals surface area contributed by atoms with E-state index in [1.165, 1.54) is 30.3 Å². The third-order valence-corrected chi connectivity index (χ3v) is 5.90. The number of hydrogen-bond acceptors (Lipinski definition) is 7. The zero-order chi connectivity index (χ0) is 25.3. The summed E-state index contributed by atoms with van der Waals surface area (Å²) in [6, 6.07) is 7.09. The summed E-state index contributed by atoms with van der Waals surface area (Å²) in [6.45, 7) is 3.50. The van der Waals surface area contributed by atoms with Crippen LogP contribution in [0.3, 0.4) is 0 Å². The van der Waals surface area contributed by atoms with Crippen molar-refractivity contribution >= 4 is 46.4 Å². The van der Waals surface area contributed by atoms with Gasteiger partial charge in [0.2, 0.25) is 12.2 Å². The van der Waals surface area contributed by atoms with Gasteiger partial charge in [-0.3, -0.25) is 4.79 Å². The molecule has 0 spiro atoms. The second-order valence-corrected chi connectivity index (χ2v) is 7.92. The van der Waals surface area contributed by atoms with Crippen LogP contribution < -0.4 is 15.8 Å². The van der Waals surface area contributed by atoms with Gasteiger partial charge >= 0.3 is 0 Å². The van der Waals surface area contributed by atoms with E-state index >= 15 is 0 Å². The Balaban J connectivity index is 1.92. The summed E-state index contributed by atoms with van der Waals surface area (Å²) < 4.78 is 35.7. The fraction of sp³-hybridized carbons (Fsp3) is 0.174. The Labute approximate surface area is 203 Å². The monoisotopic (exact) mass is 499 g/mol. The van der Waals surface area contributed by atoms with Crippen molar-refractivity contribution in [3.63, 3.8) is 0 Å². The zero-order valence-electron chi connectivity index (χ0n) is 18.9. The van der Waals surface area contributed by atoms with Gasteiger partial charge in [-0.1, -0.05) is 17.7 Å². The fourth-order valence-electron chi connectivity index (χ4n) is 3.60. The number of rotatable bonds is 6. The highest BCUT2D eigenvalue weighted by molar-refractivity contribution is 6.31. The van der Waals surface area contributed by atoms with Gasteiger partial charge in [-0.25, -0.2) is 24.0 Å². The number of halogens is 3. The van der Waals surface area contributed by atoms with Crippen LogP contribution in [0.25, 0.3) is 22.3 Å². The quantitative estimate of drug-likeness (QED) is 0.231. The predicted molar refractivity (Wildman–Crippen MR) is 129 cm³/mol. The number of benzene rings is 2. The van der Waals surface area contributed by atoms with Crippen LogP contribution in [0.1, 0.15) is 18.5 Å². The smallest absolute Gasteiger partial charge is 0.212 e. The summed E-state index contributed by atoms with van der Waals surface area (Å²) in [5, 5.41) is 7.79. The van der Waals surface area contributed by atoms with E-state index in [0.717, 1.165) is 0 Å². The number of ether oxygens (including phenoxy) is 1. The minimum Gasteiger partial charge on any atom is -0.494 e. The van der Waals surface area contributed by atoms with Gasteiger partial charge in [0.1, 0.15) is 29.7 Å². The molecule has 3 N–H and O–H groups in total. The minimum atomic E-state index is -1.17. The van der Waals surface area contributed by atoms with E-state index in [0.29, 0.717) is 22.7 Å². The Morgan fingerprint density at radius 1 is 1.26 bits per heavy atom. The average Bonchev–Trinajstić information content (AvgIpc) is 3.23. The minimum absolute atomic E-state index is 0.0200. The van der Waals surface area contributed by atoms with E-state index in [-0.39, 0.29) is 39.7 Å². The first-order chi connectivity index (χ1) is 16.8. The summed E-state index contributed by atoms with van der Waals surface area (Å²) in [5.41, 5.74) is 7.42. The second-order valence-electron chi connectivity index (χ2n) is 7.51. The van der Waals surface area contributed by atoms with Crippen LogP contribution in [-0.2, 0) is 4.79 Å². The van der Waals surface area contributed by atoms with Gasteiger partial charge < -0.3 is 15.8 Å². The highest BCUT2D eigenvalue weighted by atomic mass is 35.5. The molecule has 0 bridgehead atoms. The van der Waals surface area contributed by atoms with Crippen molar-refractivity contribution in [1.29, 1.82) is 0 Å². The molecule has 35 heavy (non-hydrogen) atoms. The molecule has 0 aliphatic rings. The molecule has 4 aromatic rings. The number of nitrogen functional groups attached to an aromatic ring is 1. The van der Waals surface area contributed by atoms with Crippen LogP contribution >= 0.6 is 11.6 Å². The summed E-state index contributed by atoms with van der Waals surface area (Å²) in [7, 11) is 1.23. The van der Waals surface area contributed by atoms with Crippen LogP contribution in [-0.4, -0.2) is 39.1 Å². The number of aliphatic imine (C=N–C) groups is 1. The molecule has 0 aliphatic carbocycles. The van der Waals surface area contributed by atoms with Crippen molar-refractivity contribution in [1.82, 2.24) is 25.1 Å². The number of carbonyl (C=O) groups is 1. The summed E-state index contributed by atoms with van der Waals surface area (Å²) in [4.78, 5) is 24.2. The van der Waals surface area contributed by atoms with E-state index in [1.807, 2.05) is 0 Å². The number of carbonyl (C=O) groups excluding carboxylic acids is 1. The van der Waals surface area contributed by atoms with Crippen LogP contribution in [0.15, 0.2) is 41.7 Å². The lowest BCUT2D eigenvalue weighted by Gasteiger charge is -2.16. The van der Waals surface area contributed by atoms with E-state index in [4.69, 9.17) is 22.1 Å². The molecular formula is C23H20ClF2N7O2. The van der Waals surface area contributed by atoms with Crippen LogP contribution in [0.4, 0.5) is 20.3 Å². The number of fused-ring (bicyclic) bond motifs is 1. The number of aromatic nitrogens is 4. The summed E-state index contributed by atoms with van der Waals surface area (Å²) in [5.74, 6) is -2.36. The predicted octanol–water partition coefficient (Wildman–Crippen LogP) is 4.36. The molecular weight excluding hydrogens is 480 g/mol.